The van der Waals surface area contributed by atoms with Crippen LogP contribution in [0.15, 0.2) is 29.2 Å². The van der Waals surface area contributed by atoms with Crippen molar-refractivity contribution in [2.24, 2.45) is 0 Å². The van der Waals surface area contributed by atoms with Crippen LogP contribution in [0.5, 0.6) is 0 Å². The number of hydrogen-bond donors (Lipinski definition) is 3. The summed E-state index contributed by atoms with van der Waals surface area (Å²) in [6.07, 6.45) is -0.0252. The second-order valence-electron chi connectivity index (χ2n) is 3.91. The Labute approximate surface area is 120 Å². The van der Waals surface area contributed by atoms with Crippen molar-refractivity contribution in [3.63, 3.8) is 0 Å². The number of benzene rings is 1. The summed E-state index contributed by atoms with van der Waals surface area (Å²) in [6, 6.07) is 6.41. The average Bonchev–Trinajstić information content (AvgIpc) is 2.37. The Kier molecular flexibility index (Phi) is 6.58. The van der Waals surface area contributed by atoms with E-state index in [1.807, 2.05) is 0 Å². The van der Waals surface area contributed by atoms with E-state index in [0.29, 0.717) is 12.1 Å². The number of nitrogens with one attached hydrogen (secondary N) is 2. The minimum Gasteiger partial charge on any atom is -0.481 e. The largest absolute Gasteiger partial charge is 0.481 e. The Balaban J connectivity index is 2.39. The Morgan fingerprint density at radius 3 is 2.40 bits per heavy atom. The highest BCUT2D eigenvalue weighted by Gasteiger charge is 2.07. The highest BCUT2D eigenvalue weighted by atomic mass is 32.2. The third-order valence-electron chi connectivity index (χ3n) is 2.24. The van der Waals surface area contributed by atoms with Gasteiger partial charge < -0.3 is 10.4 Å². The van der Waals surface area contributed by atoms with Crippen LogP contribution in [0.4, 0.5) is 4.79 Å². The average molecular weight is 296 g/mol. The van der Waals surface area contributed by atoms with Crippen molar-refractivity contribution in [1.29, 1.82) is 0 Å². The number of imide groups is 1. The second-order valence-corrected chi connectivity index (χ2v) is 4.96. The Bertz CT molecular complexity index is 488. The number of urea groups is 1. The number of amides is 3. The summed E-state index contributed by atoms with van der Waals surface area (Å²) in [6.45, 7) is 2.22. The minimum absolute atomic E-state index is 0.0252. The summed E-state index contributed by atoms with van der Waals surface area (Å²) < 4.78 is 0. The molecule has 108 valence electrons. The lowest BCUT2D eigenvalue weighted by Crippen LogP contribution is -2.40. The molecule has 0 saturated heterocycles. The van der Waals surface area contributed by atoms with E-state index in [1.54, 1.807) is 31.2 Å². The molecule has 3 amide bonds. The van der Waals surface area contributed by atoms with Gasteiger partial charge in [0.05, 0.1) is 12.2 Å². The first kappa shape index (κ1) is 16.0. The number of carbonyl (C=O) groups is 3. The summed E-state index contributed by atoms with van der Waals surface area (Å²) in [7, 11) is 0. The number of carboxylic acid groups (broad SMARTS) is 1. The molecule has 0 aliphatic carbocycles. The van der Waals surface area contributed by atoms with Crippen LogP contribution in [0.3, 0.4) is 0 Å². The maximum Gasteiger partial charge on any atom is 0.321 e. The molecule has 0 aliphatic rings. The molecule has 0 atom stereocenters. The fraction of sp³-hybridized carbons (Fsp3) is 0.308. The zero-order chi connectivity index (χ0) is 15.0. The lowest BCUT2D eigenvalue weighted by molar-refractivity contribution is -0.136. The Hall–Kier alpha value is -2.02. The van der Waals surface area contributed by atoms with E-state index in [1.165, 1.54) is 11.8 Å². The lowest BCUT2D eigenvalue weighted by atomic mass is 10.2. The van der Waals surface area contributed by atoms with Crippen molar-refractivity contribution in [2.45, 2.75) is 18.2 Å². The van der Waals surface area contributed by atoms with E-state index in [2.05, 4.69) is 10.6 Å². The zero-order valence-electron chi connectivity index (χ0n) is 11.0. The zero-order valence-corrected chi connectivity index (χ0v) is 11.8. The maximum atomic E-state index is 11.4. The van der Waals surface area contributed by atoms with Crippen LogP contribution in [0, 0.1) is 0 Å². The number of hydrogen-bond acceptors (Lipinski definition) is 4. The first-order valence-corrected chi connectivity index (χ1v) is 7.01. The standard InChI is InChI=1S/C13H16N2O4S/c1-2-14-13(19)15-11(16)8-20-10-5-3-9(4-6-10)7-12(17)18/h3-6H,2,7-8H2,1H3,(H,17,18)(H2,14,15,16,19). The van der Waals surface area contributed by atoms with Gasteiger partial charge in [0.25, 0.3) is 0 Å². The molecule has 0 radical (unpaired) electrons. The topological polar surface area (TPSA) is 95.5 Å². The molecule has 0 bridgehead atoms. The highest BCUT2D eigenvalue weighted by Crippen LogP contribution is 2.18. The van der Waals surface area contributed by atoms with E-state index in [-0.39, 0.29) is 18.1 Å². The second kappa shape index (κ2) is 8.21. The molecule has 0 aromatic heterocycles. The van der Waals surface area contributed by atoms with Gasteiger partial charge in [-0.15, -0.1) is 11.8 Å². The van der Waals surface area contributed by atoms with Crippen LogP contribution < -0.4 is 10.6 Å². The first-order chi connectivity index (χ1) is 9.51. The molecule has 0 fully saturated rings. The molecule has 1 aromatic rings. The molecule has 7 heteroatoms. The predicted molar refractivity (Wildman–Crippen MR) is 75.7 cm³/mol. The quantitative estimate of drug-likeness (QED) is 0.687. The molecule has 0 heterocycles. The van der Waals surface area contributed by atoms with Gasteiger partial charge in [0.1, 0.15) is 0 Å². The van der Waals surface area contributed by atoms with E-state index in [4.69, 9.17) is 5.11 Å². The fourth-order valence-electron chi connectivity index (χ4n) is 1.39. The smallest absolute Gasteiger partial charge is 0.321 e. The molecule has 1 rings (SSSR count). The number of carbonyl (C=O) groups excluding carboxylic acids is 2. The summed E-state index contributed by atoms with van der Waals surface area (Å²) in [5.74, 6) is -1.14. The van der Waals surface area contributed by atoms with Crippen molar-refractivity contribution >= 4 is 29.7 Å². The molecule has 0 saturated carbocycles. The molecule has 20 heavy (non-hydrogen) atoms. The fourth-order valence-corrected chi connectivity index (χ4v) is 2.09. The summed E-state index contributed by atoms with van der Waals surface area (Å²) in [4.78, 5) is 33.9. The molecular weight excluding hydrogens is 280 g/mol. The van der Waals surface area contributed by atoms with Crippen molar-refractivity contribution in [3.8, 4) is 0 Å². The normalized spacial score (nSPS) is 9.85. The van der Waals surface area contributed by atoms with Crippen molar-refractivity contribution in [2.75, 3.05) is 12.3 Å². The molecule has 6 nitrogen and oxygen atoms in total. The molecule has 0 unspecified atom stereocenters. The van der Waals surface area contributed by atoms with Gasteiger partial charge in [-0.25, -0.2) is 4.79 Å². The van der Waals surface area contributed by atoms with Gasteiger partial charge in [0, 0.05) is 11.4 Å². The van der Waals surface area contributed by atoms with E-state index >= 15 is 0 Å². The van der Waals surface area contributed by atoms with Gasteiger partial charge >= 0.3 is 12.0 Å². The van der Waals surface area contributed by atoms with Crippen molar-refractivity contribution in [3.05, 3.63) is 29.8 Å². The van der Waals surface area contributed by atoms with Crippen LogP contribution in [0.1, 0.15) is 12.5 Å². The van der Waals surface area contributed by atoms with Gasteiger partial charge in [-0.05, 0) is 24.6 Å². The molecular formula is C13H16N2O4S. The Morgan fingerprint density at radius 1 is 1.20 bits per heavy atom. The van der Waals surface area contributed by atoms with Crippen LogP contribution >= 0.6 is 11.8 Å². The number of carboxylic acids is 1. The van der Waals surface area contributed by atoms with Gasteiger partial charge in [-0.3, -0.25) is 14.9 Å². The van der Waals surface area contributed by atoms with Crippen LogP contribution in [-0.4, -0.2) is 35.3 Å². The van der Waals surface area contributed by atoms with Crippen LogP contribution in [0.25, 0.3) is 0 Å². The van der Waals surface area contributed by atoms with Gasteiger partial charge in [-0.1, -0.05) is 12.1 Å². The van der Waals surface area contributed by atoms with Gasteiger partial charge in [-0.2, -0.15) is 0 Å². The first-order valence-electron chi connectivity index (χ1n) is 6.02. The van der Waals surface area contributed by atoms with Crippen molar-refractivity contribution in [1.82, 2.24) is 10.6 Å². The molecule has 1 aromatic carbocycles. The van der Waals surface area contributed by atoms with Crippen molar-refractivity contribution < 1.29 is 19.5 Å². The highest BCUT2D eigenvalue weighted by molar-refractivity contribution is 8.00. The Morgan fingerprint density at radius 2 is 1.85 bits per heavy atom. The number of thioether (sulfide) groups is 1. The SMILES string of the molecule is CCNC(=O)NC(=O)CSc1ccc(CC(=O)O)cc1. The number of aliphatic carboxylic acids is 1. The predicted octanol–water partition coefficient (Wildman–Crippen LogP) is 1.25. The van der Waals surface area contributed by atoms with Crippen LogP contribution in [0.2, 0.25) is 0 Å². The molecule has 0 spiro atoms. The van der Waals surface area contributed by atoms with Crippen LogP contribution in [-0.2, 0) is 16.0 Å². The van der Waals surface area contributed by atoms with Gasteiger partial charge in [0.2, 0.25) is 5.91 Å². The lowest BCUT2D eigenvalue weighted by Gasteiger charge is -2.05. The maximum absolute atomic E-state index is 11.4. The summed E-state index contributed by atoms with van der Waals surface area (Å²) in [5, 5.41) is 13.3. The monoisotopic (exact) mass is 296 g/mol. The number of rotatable bonds is 6. The third-order valence-corrected chi connectivity index (χ3v) is 3.25. The van der Waals surface area contributed by atoms with Gasteiger partial charge in [0.15, 0.2) is 0 Å². The van der Waals surface area contributed by atoms with E-state index < -0.39 is 12.0 Å². The molecule has 3 N–H and O–H groups in total. The third kappa shape index (κ3) is 6.24. The summed E-state index contributed by atoms with van der Waals surface area (Å²) in [5.41, 5.74) is 0.702. The van der Waals surface area contributed by atoms with E-state index in [0.717, 1.165) is 4.90 Å². The van der Waals surface area contributed by atoms with E-state index in [9.17, 15) is 14.4 Å². The molecule has 0 aliphatic heterocycles. The summed E-state index contributed by atoms with van der Waals surface area (Å²) >= 11 is 1.28. The minimum atomic E-state index is -0.883.